The molecule has 1 N–H and O–H groups in total. The van der Waals surface area contributed by atoms with E-state index in [2.05, 4.69) is 5.32 Å². The summed E-state index contributed by atoms with van der Waals surface area (Å²) in [7, 11) is 0. The van der Waals surface area contributed by atoms with Crippen LogP contribution in [0.1, 0.15) is 39.1 Å². The molecule has 1 heterocycles. The molecule has 1 fully saturated rings. The number of rotatable bonds is 4. The van der Waals surface area contributed by atoms with Gasteiger partial charge in [-0.25, -0.2) is 0 Å². The van der Waals surface area contributed by atoms with Crippen LogP contribution in [-0.4, -0.2) is 34.7 Å². The molecular formula is C19H18IN3O4. The van der Waals surface area contributed by atoms with Crippen molar-refractivity contribution < 1.29 is 14.5 Å². The number of nitrogens with zero attached hydrogens (tertiary/aromatic N) is 2. The number of non-ortho nitro benzene ring substituents is 1. The van der Waals surface area contributed by atoms with Gasteiger partial charge in [-0.1, -0.05) is 12.1 Å². The first kappa shape index (κ1) is 19.3. The lowest BCUT2D eigenvalue weighted by atomic mass is 10.1. The van der Waals surface area contributed by atoms with Crippen molar-refractivity contribution >= 4 is 45.8 Å². The van der Waals surface area contributed by atoms with Crippen molar-refractivity contribution in [3.8, 4) is 0 Å². The number of amides is 2. The van der Waals surface area contributed by atoms with Crippen LogP contribution in [-0.2, 0) is 0 Å². The number of halogens is 1. The Hall–Kier alpha value is -2.49. The normalized spacial score (nSPS) is 13.5. The molecule has 7 nitrogen and oxygen atoms in total. The van der Waals surface area contributed by atoms with Crippen LogP contribution in [0.25, 0.3) is 0 Å². The van der Waals surface area contributed by atoms with Crippen LogP contribution in [0.3, 0.4) is 0 Å². The van der Waals surface area contributed by atoms with Crippen molar-refractivity contribution in [1.82, 2.24) is 4.90 Å². The van der Waals surface area contributed by atoms with Gasteiger partial charge in [0.05, 0.1) is 21.7 Å². The summed E-state index contributed by atoms with van der Waals surface area (Å²) in [5, 5.41) is 13.8. The second-order valence-corrected chi connectivity index (χ2v) is 7.53. The Morgan fingerprint density at radius 2 is 1.85 bits per heavy atom. The molecule has 0 aliphatic carbocycles. The predicted molar refractivity (Wildman–Crippen MR) is 110 cm³/mol. The van der Waals surface area contributed by atoms with Crippen LogP contribution >= 0.6 is 22.6 Å². The number of anilines is 1. The van der Waals surface area contributed by atoms with Gasteiger partial charge in [0.15, 0.2) is 0 Å². The zero-order valence-electron chi connectivity index (χ0n) is 14.7. The van der Waals surface area contributed by atoms with E-state index in [9.17, 15) is 19.7 Å². The van der Waals surface area contributed by atoms with Gasteiger partial charge in [-0.05, 0) is 60.1 Å². The Kier molecular flexibility index (Phi) is 5.73. The standard InChI is InChI=1S/C19H18IN3O4/c1-12-5-4-6-14(19(25)22-9-2-3-10-22)17(12)21-18(24)15-11-13(23(26)27)7-8-16(15)20/h4-8,11H,2-3,9-10H2,1H3,(H,21,24). The fourth-order valence-electron chi connectivity index (χ4n) is 3.08. The quantitative estimate of drug-likeness (QED) is 0.408. The maximum atomic E-state index is 12.8. The van der Waals surface area contributed by atoms with E-state index in [4.69, 9.17) is 0 Å². The third-order valence-corrected chi connectivity index (χ3v) is 5.48. The molecule has 140 valence electrons. The van der Waals surface area contributed by atoms with Gasteiger partial charge < -0.3 is 10.2 Å². The third kappa shape index (κ3) is 4.10. The summed E-state index contributed by atoms with van der Waals surface area (Å²) < 4.78 is 0.594. The zero-order chi connectivity index (χ0) is 19.6. The number of hydrogen-bond acceptors (Lipinski definition) is 4. The van der Waals surface area contributed by atoms with Crippen LogP contribution in [0.5, 0.6) is 0 Å². The van der Waals surface area contributed by atoms with E-state index in [-0.39, 0.29) is 17.2 Å². The fourth-order valence-corrected chi connectivity index (χ4v) is 3.66. The molecule has 0 bridgehead atoms. The Morgan fingerprint density at radius 1 is 1.15 bits per heavy atom. The lowest BCUT2D eigenvalue weighted by Crippen LogP contribution is -2.29. The lowest BCUT2D eigenvalue weighted by molar-refractivity contribution is -0.384. The molecule has 1 saturated heterocycles. The van der Waals surface area contributed by atoms with Crippen LogP contribution in [0.2, 0.25) is 0 Å². The van der Waals surface area contributed by atoms with Crippen LogP contribution in [0, 0.1) is 20.6 Å². The third-order valence-electron chi connectivity index (χ3n) is 4.54. The van der Waals surface area contributed by atoms with Gasteiger partial charge in [0.1, 0.15) is 0 Å². The highest BCUT2D eigenvalue weighted by Crippen LogP contribution is 2.26. The van der Waals surface area contributed by atoms with Crippen molar-refractivity contribution in [3.05, 3.63) is 66.8 Å². The van der Waals surface area contributed by atoms with Crippen molar-refractivity contribution in [1.29, 1.82) is 0 Å². The highest BCUT2D eigenvalue weighted by molar-refractivity contribution is 14.1. The van der Waals surface area contributed by atoms with E-state index in [1.165, 1.54) is 18.2 Å². The number of nitro groups is 1. The number of para-hydroxylation sites is 1. The maximum Gasteiger partial charge on any atom is 0.270 e. The van der Waals surface area contributed by atoms with Gasteiger partial charge in [0.2, 0.25) is 0 Å². The number of benzene rings is 2. The van der Waals surface area contributed by atoms with Crippen molar-refractivity contribution in [2.24, 2.45) is 0 Å². The summed E-state index contributed by atoms with van der Waals surface area (Å²) in [6, 6.07) is 9.43. The minimum atomic E-state index is -0.539. The molecule has 0 saturated carbocycles. The molecule has 2 aromatic carbocycles. The summed E-state index contributed by atoms with van der Waals surface area (Å²) in [5.74, 6) is -0.590. The highest BCUT2D eigenvalue weighted by Gasteiger charge is 2.24. The molecule has 0 aromatic heterocycles. The number of hydrogen-bond donors (Lipinski definition) is 1. The topological polar surface area (TPSA) is 92.6 Å². The second-order valence-electron chi connectivity index (χ2n) is 6.37. The zero-order valence-corrected chi connectivity index (χ0v) is 16.9. The molecule has 0 unspecified atom stereocenters. The van der Waals surface area contributed by atoms with Crippen LogP contribution < -0.4 is 5.32 Å². The maximum absolute atomic E-state index is 12.8. The highest BCUT2D eigenvalue weighted by atomic mass is 127. The van der Waals surface area contributed by atoms with E-state index < -0.39 is 10.8 Å². The van der Waals surface area contributed by atoms with E-state index in [1.54, 1.807) is 17.0 Å². The smallest absolute Gasteiger partial charge is 0.270 e. The van der Waals surface area contributed by atoms with Gasteiger partial charge in [-0.2, -0.15) is 0 Å². The SMILES string of the molecule is Cc1cccc(C(=O)N2CCCC2)c1NC(=O)c1cc([N+](=O)[O-])ccc1I. The first-order valence-electron chi connectivity index (χ1n) is 8.52. The molecule has 8 heteroatoms. The monoisotopic (exact) mass is 479 g/mol. The minimum absolute atomic E-state index is 0.111. The lowest BCUT2D eigenvalue weighted by Gasteiger charge is -2.19. The Morgan fingerprint density at radius 3 is 2.52 bits per heavy atom. The molecule has 0 atom stereocenters. The molecule has 2 amide bonds. The predicted octanol–water partition coefficient (Wildman–Crippen LogP) is 4.00. The number of nitro benzene ring substituents is 1. The molecule has 0 radical (unpaired) electrons. The van der Waals surface area contributed by atoms with Crippen molar-refractivity contribution in [2.75, 3.05) is 18.4 Å². The minimum Gasteiger partial charge on any atom is -0.339 e. The average Bonchev–Trinajstić information content (AvgIpc) is 3.17. The Labute approximate surface area is 170 Å². The molecule has 3 rings (SSSR count). The molecule has 1 aliphatic rings. The molecule has 27 heavy (non-hydrogen) atoms. The number of likely N-dealkylation sites (tertiary alicyclic amines) is 1. The second kappa shape index (κ2) is 8.03. The van der Waals surface area contributed by atoms with Gasteiger partial charge in [-0.3, -0.25) is 19.7 Å². The van der Waals surface area contributed by atoms with E-state index in [1.807, 2.05) is 35.6 Å². The van der Waals surface area contributed by atoms with Gasteiger partial charge in [0, 0.05) is 28.8 Å². The summed E-state index contributed by atoms with van der Waals surface area (Å²) in [5.41, 5.74) is 1.69. The molecular weight excluding hydrogens is 461 g/mol. The van der Waals surface area contributed by atoms with Crippen molar-refractivity contribution in [3.63, 3.8) is 0 Å². The van der Waals surface area contributed by atoms with E-state index in [0.717, 1.165) is 18.4 Å². The molecule has 0 spiro atoms. The fraction of sp³-hybridized carbons (Fsp3) is 0.263. The van der Waals surface area contributed by atoms with Gasteiger partial charge in [0.25, 0.3) is 17.5 Å². The number of carbonyl (C=O) groups excluding carboxylic acids is 2. The average molecular weight is 479 g/mol. The summed E-state index contributed by atoms with van der Waals surface area (Å²) in [4.78, 5) is 37.9. The number of aryl methyl sites for hydroxylation is 1. The summed E-state index contributed by atoms with van der Waals surface area (Å²) in [6.07, 6.45) is 1.95. The largest absolute Gasteiger partial charge is 0.339 e. The van der Waals surface area contributed by atoms with Gasteiger partial charge >= 0.3 is 0 Å². The number of nitrogens with one attached hydrogen (secondary N) is 1. The van der Waals surface area contributed by atoms with Crippen LogP contribution in [0.15, 0.2) is 36.4 Å². The Balaban J connectivity index is 1.94. The van der Waals surface area contributed by atoms with E-state index >= 15 is 0 Å². The van der Waals surface area contributed by atoms with Crippen LogP contribution in [0.4, 0.5) is 11.4 Å². The van der Waals surface area contributed by atoms with Crippen molar-refractivity contribution in [2.45, 2.75) is 19.8 Å². The number of carbonyl (C=O) groups is 2. The first-order chi connectivity index (χ1) is 12.9. The van der Waals surface area contributed by atoms with Gasteiger partial charge in [-0.15, -0.1) is 0 Å². The first-order valence-corrected chi connectivity index (χ1v) is 9.60. The summed E-state index contributed by atoms with van der Waals surface area (Å²) in [6.45, 7) is 3.24. The van der Waals surface area contributed by atoms with E-state index in [0.29, 0.717) is 27.9 Å². The Bertz CT molecular complexity index is 923. The molecule has 2 aromatic rings. The summed E-state index contributed by atoms with van der Waals surface area (Å²) >= 11 is 1.96. The molecule has 1 aliphatic heterocycles.